The van der Waals surface area contributed by atoms with E-state index in [2.05, 4.69) is 14.9 Å². The molecule has 0 bridgehead atoms. The van der Waals surface area contributed by atoms with Gasteiger partial charge in [-0.05, 0) is 25.0 Å². The Labute approximate surface area is 128 Å². The molecule has 6 nitrogen and oxygen atoms in total. The summed E-state index contributed by atoms with van der Waals surface area (Å²) in [4.78, 5) is 23.2. The fraction of sp³-hybridized carbons (Fsp3) is 0.375. The van der Waals surface area contributed by atoms with Crippen molar-refractivity contribution in [2.75, 3.05) is 25.1 Å². The number of esters is 1. The molecule has 0 aliphatic carbocycles. The minimum atomic E-state index is -1.06. The van der Waals surface area contributed by atoms with Crippen molar-refractivity contribution in [1.82, 2.24) is 9.97 Å². The zero-order valence-corrected chi connectivity index (χ0v) is 12.3. The first-order valence-electron chi connectivity index (χ1n) is 7.23. The highest BCUT2D eigenvalue weighted by Gasteiger charge is 2.30. The second-order valence-electron chi connectivity index (χ2n) is 5.20. The maximum Gasteiger partial charge on any atom is 0.329 e. The largest absolute Gasteiger partial charge is 0.468 e. The third kappa shape index (κ3) is 2.46. The molecule has 0 N–H and O–H groups in total. The second-order valence-corrected chi connectivity index (χ2v) is 5.20. The summed E-state index contributed by atoms with van der Waals surface area (Å²) < 4.78 is 4.74. The minimum Gasteiger partial charge on any atom is -0.468 e. The third-order valence-electron chi connectivity index (χ3n) is 3.82. The first-order chi connectivity index (χ1) is 10.7. The van der Waals surface area contributed by atoms with E-state index in [1.54, 1.807) is 0 Å². The van der Waals surface area contributed by atoms with Gasteiger partial charge in [0.2, 0.25) is 0 Å². The molecule has 6 heteroatoms. The molecular weight excluding hydrogens is 280 g/mol. The van der Waals surface area contributed by atoms with Gasteiger partial charge < -0.3 is 9.64 Å². The molecule has 0 radical (unpaired) electrons. The van der Waals surface area contributed by atoms with Crippen LogP contribution in [0.4, 0.5) is 5.82 Å². The molecule has 0 spiro atoms. The van der Waals surface area contributed by atoms with Crippen LogP contribution in [0.5, 0.6) is 0 Å². The van der Waals surface area contributed by atoms with E-state index in [0.717, 1.165) is 31.4 Å². The normalized spacial score (nSPS) is 15.5. The zero-order valence-electron chi connectivity index (χ0n) is 12.3. The number of carbonyl (C=O) groups excluding carboxylic acids is 1. The van der Waals surface area contributed by atoms with Gasteiger partial charge in [-0.1, -0.05) is 12.1 Å². The topological polar surface area (TPSA) is 79.1 Å². The molecule has 2 heterocycles. The second kappa shape index (κ2) is 5.98. The summed E-state index contributed by atoms with van der Waals surface area (Å²) in [6, 6.07) is 9.45. The molecule has 1 aliphatic rings. The van der Waals surface area contributed by atoms with E-state index in [-0.39, 0.29) is 0 Å². The van der Waals surface area contributed by atoms with Gasteiger partial charge in [-0.15, -0.1) is 0 Å². The van der Waals surface area contributed by atoms with Gasteiger partial charge in [-0.2, -0.15) is 5.26 Å². The number of para-hydroxylation sites is 2. The van der Waals surface area contributed by atoms with Crippen LogP contribution in [0.15, 0.2) is 24.3 Å². The Morgan fingerprint density at radius 3 is 2.50 bits per heavy atom. The number of ether oxygens (including phenoxy) is 1. The van der Waals surface area contributed by atoms with Crippen LogP contribution < -0.4 is 4.90 Å². The fourth-order valence-corrected chi connectivity index (χ4v) is 2.70. The highest BCUT2D eigenvalue weighted by atomic mass is 16.5. The lowest BCUT2D eigenvalue weighted by atomic mass is 10.1. The summed E-state index contributed by atoms with van der Waals surface area (Å²) in [7, 11) is 1.27. The number of rotatable bonds is 3. The first kappa shape index (κ1) is 14.3. The van der Waals surface area contributed by atoms with E-state index in [1.807, 2.05) is 30.3 Å². The Bertz CT molecular complexity index is 747. The molecule has 1 atom stereocenters. The standard InChI is InChI=1S/C16H16N4O2/c1-22-16(21)11(10-17)14-15(20-8-4-5-9-20)19-13-7-3-2-6-12(13)18-14/h2-3,6-7,11H,4-5,8-9H2,1H3/t11-/m1/s1. The average Bonchev–Trinajstić information content (AvgIpc) is 3.09. The van der Waals surface area contributed by atoms with Crippen LogP contribution in [-0.4, -0.2) is 36.1 Å². The van der Waals surface area contributed by atoms with Crippen molar-refractivity contribution in [2.24, 2.45) is 0 Å². The van der Waals surface area contributed by atoms with Gasteiger partial charge in [-0.25, -0.2) is 9.97 Å². The van der Waals surface area contributed by atoms with E-state index >= 15 is 0 Å². The number of nitriles is 1. The van der Waals surface area contributed by atoms with E-state index in [1.165, 1.54) is 7.11 Å². The average molecular weight is 296 g/mol. The van der Waals surface area contributed by atoms with Crippen molar-refractivity contribution in [3.8, 4) is 6.07 Å². The predicted octanol–water partition coefficient (Wildman–Crippen LogP) is 2.01. The molecule has 1 saturated heterocycles. The number of aromatic nitrogens is 2. The summed E-state index contributed by atoms with van der Waals surface area (Å²) in [5, 5.41) is 9.38. The maximum atomic E-state index is 11.9. The highest BCUT2D eigenvalue weighted by molar-refractivity contribution is 5.85. The molecule has 1 aromatic heterocycles. The third-order valence-corrected chi connectivity index (χ3v) is 3.82. The lowest BCUT2D eigenvalue weighted by Crippen LogP contribution is -2.24. The van der Waals surface area contributed by atoms with Gasteiger partial charge >= 0.3 is 5.97 Å². The number of fused-ring (bicyclic) bond motifs is 1. The number of benzene rings is 1. The van der Waals surface area contributed by atoms with Crippen LogP contribution in [0.25, 0.3) is 11.0 Å². The van der Waals surface area contributed by atoms with Gasteiger partial charge in [0.05, 0.1) is 24.2 Å². The molecule has 3 rings (SSSR count). The van der Waals surface area contributed by atoms with Gasteiger partial charge in [0.15, 0.2) is 11.7 Å². The molecule has 1 fully saturated rings. The molecule has 0 amide bonds. The Morgan fingerprint density at radius 1 is 1.27 bits per heavy atom. The summed E-state index contributed by atoms with van der Waals surface area (Å²) in [6.07, 6.45) is 2.15. The van der Waals surface area contributed by atoms with Crippen LogP contribution >= 0.6 is 0 Å². The summed E-state index contributed by atoms with van der Waals surface area (Å²) >= 11 is 0. The quantitative estimate of drug-likeness (QED) is 0.806. The summed E-state index contributed by atoms with van der Waals surface area (Å²) in [5.74, 6) is -1.04. The van der Waals surface area contributed by atoms with E-state index in [4.69, 9.17) is 4.74 Å². The van der Waals surface area contributed by atoms with Crippen molar-refractivity contribution in [3.05, 3.63) is 30.0 Å². The first-order valence-corrected chi connectivity index (χ1v) is 7.23. The molecule has 0 unspecified atom stereocenters. The number of nitrogens with zero attached hydrogens (tertiary/aromatic N) is 4. The van der Waals surface area contributed by atoms with E-state index in [0.29, 0.717) is 17.0 Å². The lowest BCUT2D eigenvalue weighted by Gasteiger charge is -2.21. The molecule has 112 valence electrons. The summed E-state index contributed by atoms with van der Waals surface area (Å²) in [6.45, 7) is 1.72. The number of hydrogen-bond acceptors (Lipinski definition) is 6. The molecular formula is C16H16N4O2. The van der Waals surface area contributed by atoms with Crippen molar-refractivity contribution in [1.29, 1.82) is 5.26 Å². The maximum absolute atomic E-state index is 11.9. The Balaban J connectivity index is 2.18. The van der Waals surface area contributed by atoms with Crippen LogP contribution in [0, 0.1) is 11.3 Å². The van der Waals surface area contributed by atoms with E-state index in [9.17, 15) is 10.1 Å². The number of anilines is 1. The molecule has 22 heavy (non-hydrogen) atoms. The van der Waals surface area contributed by atoms with Crippen molar-refractivity contribution in [3.63, 3.8) is 0 Å². The van der Waals surface area contributed by atoms with Gasteiger partial charge in [0, 0.05) is 13.1 Å². The molecule has 1 aromatic carbocycles. The highest BCUT2D eigenvalue weighted by Crippen LogP contribution is 2.29. The Hall–Kier alpha value is -2.68. The van der Waals surface area contributed by atoms with Gasteiger partial charge in [-0.3, -0.25) is 4.79 Å². The monoisotopic (exact) mass is 296 g/mol. The minimum absolute atomic E-state index is 0.384. The van der Waals surface area contributed by atoms with Crippen LogP contribution in [-0.2, 0) is 9.53 Å². The predicted molar refractivity (Wildman–Crippen MR) is 81.4 cm³/mol. The fourth-order valence-electron chi connectivity index (χ4n) is 2.70. The Morgan fingerprint density at radius 2 is 1.91 bits per heavy atom. The van der Waals surface area contributed by atoms with Crippen molar-refractivity contribution < 1.29 is 9.53 Å². The Kier molecular flexibility index (Phi) is 3.88. The molecule has 1 aliphatic heterocycles. The van der Waals surface area contributed by atoms with Crippen molar-refractivity contribution >= 4 is 22.8 Å². The van der Waals surface area contributed by atoms with E-state index < -0.39 is 11.9 Å². The SMILES string of the molecule is COC(=O)[C@H](C#N)c1nc2ccccc2nc1N1CCCC1. The molecule has 2 aromatic rings. The van der Waals surface area contributed by atoms with Crippen LogP contribution in [0.2, 0.25) is 0 Å². The zero-order chi connectivity index (χ0) is 15.5. The number of carbonyl (C=O) groups is 1. The smallest absolute Gasteiger partial charge is 0.329 e. The van der Waals surface area contributed by atoms with Crippen LogP contribution in [0.3, 0.4) is 0 Å². The van der Waals surface area contributed by atoms with Gasteiger partial charge in [0.1, 0.15) is 5.69 Å². The summed E-state index contributed by atoms with van der Waals surface area (Å²) in [5.41, 5.74) is 1.81. The molecule has 0 saturated carbocycles. The van der Waals surface area contributed by atoms with Crippen molar-refractivity contribution in [2.45, 2.75) is 18.8 Å². The van der Waals surface area contributed by atoms with Crippen LogP contribution in [0.1, 0.15) is 24.5 Å². The van der Waals surface area contributed by atoms with Gasteiger partial charge in [0.25, 0.3) is 0 Å². The lowest BCUT2D eigenvalue weighted by molar-refractivity contribution is -0.141. The number of hydrogen-bond donors (Lipinski definition) is 0. The number of methoxy groups -OCH3 is 1.